The predicted octanol–water partition coefficient (Wildman–Crippen LogP) is 3.42. The van der Waals surface area contributed by atoms with Crippen LogP contribution in [0.25, 0.3) is 11.0 Å². The van der Waals surface area contributed by atoms with Crippen molar-refractivity contribution in [3.8, 4) is 0 Å². The van der Waals surface area contributed by atoms with E-state index in [1.807, 2.05) is 30.7 Å². The molecule has 170 valence electrons. The van der Waals surface area contributed by atoms with Crippen LogP contribution >= 0.6 is 23.2 Å². The molecule has 1 unspecified atom stereocenters. The maximum Gasteiger partial charge on any atom is 0.164 e. The first-order chi connectivity index (χ1) is 15.3. The fourth-order valence-electron chi connectivity index (χ4n) is 4.61. The minimum absolute atomic E-state index is 0.0667. The Labute approximate surface area is 194 Å². The Balaban J connectivity index is 1.54. The Morgan fingerprint density at radius 3 is 2.72 bits per heavy atom. The molecule has 2 aromatic heterocycles. The number of benzene rings is 1. The van der Waals surface area contributed by atoms with Gasteiger partial charge in [-0.25, -0.2) is 9.97 Å². The van der Waals surface area contributed by atoms with Gasteiger partial charge in [-0.2, -0.15) is 0 Å². The van der Waals surface area contributed by atoms with Crippen molar-refractivity contribution in [2.45, 2.75) is 56.7 Å². The van der Waals surface area contributed by atoms with Crippen LogP contribution in [0.5, 0.6) is 0 Å². The summed E-state index contributed by atoms with van der Waals surface area (Å²) in [7, 11) is 0. The molecule has 0 saturated carbocycles. The van der Waals surface area contributed by atoms with Gasteiger partial charge in [-0.3, -0.25) is 0 Å². The third kappa shape index (κ3) is 3.70. The summed E-state index contributed by atoms with van der Waals surface area (Å²) in [6.45, 7) is 3.60. The highest BCUT2D eigenvalue weighted by atomic mass is 35.5. The summed E-state index contributed by atoms with van der Waals surface area (Å²) in [6.07, 6.45) is 0.209. The summed E-state index contributed by atoms with van der Waals surface area (Å²) in [4.78, 5) is 8.39. The molecule has 5 rings (SSSR count). The lowest BCUT2D eigenvalue weighted by Gasteiger charge is -2.28. The molecule has 10 heteroatoms. The van der Waals surface area contributed by atoms with Crippen molar-refractivity contribution in [2.24, 2.45) is 0 Å². The fourth-order valence-corrected chi connectivity index (χ4v) is 4.99. The van der Waals surface area contributed by atoms with Crippen LogP contribution in [0.15, 0.2) is 36.8 Å². The van der Waals surface area contributed by atoms with Gasteiger partial charge in [0, 0.05) is 17.8 Å². The Morgan fingerprint density at radius 2 is 1.94 bits per heavy atom. The van der Waals surface area contributed by atoms with Gasteiger partial charge in [-0.05, 0) is 49.6 Å². The average molecular weight is 480 g/mol. The van der Waals surface area contributed by atoms with E-state index in [1.54, 1.807) is 18.2 Å². The van der Waals surface area contributed by atoms with Crippen molar-refractivity contribution < 1.29 is 24.4 Å². The number of halogens is 2. The number of rotatable bonds is 5. The molecule has 0 amide bonds. The first kappa shape index (κ1) is 22.0. The van der Waals surface area contributed by atoms with Gasteiger partial charge in [0.15, 0.2) is 12.0 Å². The molecule has 2 fully saturated rings. The molecule has 4 heterocycles. The van der Waals surface area contributed by atoms with Crippen LogP contribution in [0, 0.1) is 0 Å². The maximum atomic E-state index is 11.4. The smallest absolute Gasteiger partial charge is 0.164 e. The summed E-state index contributed by atoms with van der Waals surface area (Å²) in [5.74, 6) is -0.848. The lowest BCUT2D eigenvalue weighted by molar-refractivity contribution is -0.207. The number of aliphatic hydroxyl groups excluding tert-OH is 2. The molecule has 5 atom stereocenters. The highest BCUT2D eigenvalue weighted by Crippen LogP contribution is 2.47. The number of hydrogen-bond donors (Lipinski definition) is 2. The van der Waals surface area contributed by atoms with Gasteiger partial charge in [-0.15, -0.1) is 0 Å². The van der Waals surface area contributed by atoms with E-state index in [1.165, 1.54) is 6.33 Å². The van der Waals surface area contributed by atoms with Gasteiger partial charge >= 0.3 is 0 Å². The van der Waals surface area contributed by atoms with Gasteiger partial charge in [0.05, 0.1) is 5.39 Å². The molecule has 0 radical (unpaired) electrons. The van der Waals surface area contributed by atoms with Gasteiger partial charge in [0.1, 0.15) is 41.5 Å². The number of fused-ring (bicyclic) bond motifs is 2. The van der Waals surface area contributed by atoms with Crippen LogP contribution in [-0.4, -0.2) is 55.5 Å². The zero-order chi connectivity index (χ0) is 22.6. The molecule has 1 aromatic carbocycles. The van der Waals surface area contributed by atoms with Gasteiger partial charge < -0.3 is 29.0 Å². The molecule has 0 aliphatic carbocycles. The topological polar surface area (TPSA) is 98.9 Å². The molecular formula is C22H23Cl2N3O5. The Bertz CT molecular complexity index is 1150. The van der Waals surface area contributed by atoms with Crippen molar-refractivity contribution in [2.75, 3.05) is 6.61 Å². The van der Waals surface area contributed by atoms with Gasteiger partial charge in [-0.1, -0.05) is 29.3 Å². The van der Waals surface area contributed by atoms with E-state index in [4.69, 9.17) is 37.4 Å². The SMILES string of the molecule is CC1(C)O[C@@H]2[C@H](O1)[C@@H](C(O)c1ccc(Cl)cc1CCO)O[C@H]2n1ccc2c(Cl)ncnc21. The summed E-state index contributed by atoms with van der Waals surface area (Å²) < 4.78 is 20.5. The third-order valence-corrected chi connectivity index (χ3v) is 6.45. The van der Waals surface area contributed by atoms with Crippen LogP contribution in [0.3, 0.4) is 0 Å². The zero-order valence-electron chi connectivity index (χ0n) is 17.5. The van der Waals surface area contributed by atoms with Gasteiger partial charge in [0.25, 0.3) is 0 Å². The minimum atomic E-state index is -1.02. The fraction of sp³-hybridized carbons (Fsp3) is 0.455. The standard InChI is InChI=1S/C22H23Cl2N3O5/c1-22(2)31-17-16(15(29)13-4-3-12(23)9-11(13)6-8-28)30-21(18(17)32-22)27-7-5-14-19(24)25-10-26-20(14)27/h3-5,7,9-10,15-18,21,28-29H,6,8H2,1-2H3/t15?,16-,17-,18-,21-/m1/s1. The Hall–Kier alpha value is -1.78. The van der Waals surface area contributed by atoms with E-state index < -0.39 is 36.4 Å². The number of aliphatic hydroxyl groups is 2. The van der Waals surface area contributed by atoms with Crippen molar-refractivity contribution in [1.29, 1.82) is 0 Å². The van der Waals surface area contributed by atoms with Crippen molar-refractivity contribution in [1.82, 2.24) is 14.5 Å². The first-order valence-corrected chi connectivity index (χ1v) is 11.1. The monoisotopic (exact) mass is 479 g/mol. The summed E-state index contributed by atoms with van der Waals surface area (Å²) in [5.41, 5.74) is 1.98. The molecule has 2 N–H and O–H groups in total. The van der Waals surface area contributed by atoms with Crippen molar-refractivity contribution >= 4 is 34.2 Å². The van der Waals surface area contributed by atoms with Crippen LogP contribution in [0.1, 0.15) is 37.3 Å². The van der Waals surface area contributed by atoms with Crippen LogP contribution in [0.2, 0.25) is 10.2 Å². The second kappa shape index (κ2) is 8.22. The molecule has 2 aliphatic rings. The third-order valence-electron chi connectivity index (χ3n) is 5.92. The molecule has 2 aliphatic heterocycles. The average Bonchev–Trinajstić information content (AvgIpc) is 3.39. The van der Waals surface area contributed by atoms with E-state index in [2.05, 4.69) is 9.97 Å². The Kier molecular flexibility index (Phi) is 5.66. The van der Waals surface area contributed by atoms with E-state index in [-0.39, 0.29) is 6.61 Å². The summed E-state index contributed by atoms with van der Waals surface area (Å²) in [6, 6.07) is 7.02. The molecular weight excluding hydrogens is 457 g/mol. The highest BCUT2D eigenvalue weighted by Gasteiger charge is 2.58. The predicted molar refractivity (Wildman–Crippen MR) is 117 cm³/mol. The van der Waals surface area contributed by atoms with E-state index in [0.29, 0.717) is 33.2 Å². The van der Waals surface area contributed by atoms with E-state index >= 15 is 0 Å². The highest BCUT2D eigenvalue weighted by molar-refractivity contribution is 6.33. The second-order valence-corrected chi connectivity index (χ2v) is 9.24. The van der Waals surface area contributed by atoms with E-state index in [9.17, 15) is 10.2 Å². The molecule has 32 heavy (non-hydrogen) atoms. The largest absolute Gasteiger partial charge is 0.396 e. The zero-order valence-corrected chi connectivity index (χ0v) is 19.0. The lowest BCUT2D eigenvalue weighted by Crippen LogP contribution is -2.34. The van der Waals surface area contributed by atoms with Crippen LogP contribution < -0.4 is 0 Å². The number of aromatic nitrogens is 3. The van der Waals surface area contributed by atoms with Crippen LogP contribution in [0.4, 0.5) is 0 Å². The summed E-state index contributed by atoms with van der Waals surface area (Å²) >= 11 is 12.4. The molecule has 2 saturated heterocycles. The number of ether oxygens (including phenoxy) is 3. The van der Waals surface area contributed by atoms with Crippen molar-refractivity contribution in [3.05, 3.63) is 58.1 Å². The van der Waals surface area contributed by atoms with Gasteiger partial charge in [0.2, 0.25) is 0 Å². The Morgan fingerprint density at radius 1 is 1.16 bits per heavy atom. The first-order valence-electron chi connectivity index (χ1n) is 10.3. The molecule has 0 bridgehead atoms. The normalized spacial score (nSPS) is 27.7. The molecule has 0 spiro atoms. The quantitative estimate of drug-likeness (QED) is 0.540. The summed E-state index contributed by atoms with van der Waals surface area (Å²) in [5, 5.41) is 22.4. The van der Waals surface area contributed by atoms with Crippen LogP contribution in [-0.2, 0) is 20.6 Å². The van der Waals surface area contributed by atoms with E-state index in [0.717, 1.165) is 5.56 Å². The lowest BCUT2D eigenvalue weighted by atomic mass is 9.94. The second-order valence-electron chi connectivity index (χ2n) is 8.44. The molecule has 8 nitrogen and oxygen atoms in total. The maximum absolute atomic E-state index is 11.4. The molecule has 3 aromatic rings. The minimum Gasteiger partial charge on any atom is -0.396 e. The number of nitrogens with zero attached hydrogens (tertiary/aromatic N) is 3. The van der Waals surface area contributed by atoms with Crippen molar-refractivity contribution in [3.63, 3.8) is 0 Å². The number of hydrogen-bond acceptors (Lipinski definition) is 7.